The van der Waals surface area contributed by atoms with Crippen molar-refractivity contribution in [1.29, 1.82) is 0 Å². The fourth-order valence-electron chi connectivity index (χ4n) is 2.43. The zero-order valence-electron chi connectivity index (χ0n) is 11.4. The maximum absolute atomic E-state index is 6.17. The number of nitrogens with zero attached hydrogens (tertiary/aromatic N) is 2. The predicted octanol–water partition coefficient (Wildman–Crippen LogP) is 3.27. The highest BCUT2D eigenvalue weighted by Gasteiger charge is 2.23. The van der Waals surface area contributed by atoms with E-state index in [1.807, 2.05) is 30.0 Å². The molecule has 5 heteroatoms. The molecule has 1 saturated heterocycles. The first kappa shape index (κ1) is 13.6. The number of hydrogen-bond donors (Lipinski definition) is 1. The second-order valence-corrected chi connectivity index (χ2v) is 6.45. The van der Waals surface area contributed by atoms with E-state index in [9.17, 15) is 0 Å². The Morgan fingerprint density at radius 1 is 1.30 bits per heavy atom. The molecule has 0 amide bonds. The van der Waals surface area contributed by atoms with E-state index in [2.05, 4.69) is 22.3 Å². The van der Waals surface area contributed by atoms with E-state index in [0.717, 1.165) is 18.7 Å². The van der Waals surface area contributed by atoms with Gasteiger partial charge in [-0.3, -0.25) is 0 Å². The van der Waals surface area contributed by atoms with Crippen molar-refractivity contribution in [2.45, 2.75) is 37.0 Å². The van der Waals surface area contributed by atoms with Gasteiger partial charge in [0.1, 0.15) is 0 Å². The van der Waals surface area contributed by atoms with Gasteiger partial charge in [0.05, 0.1) is 11.3 Å². The molecule has 106 valence electrons. The van der Waals surface area contributed by atoms with Crippen LogP contribution in [0.2, 0.25) is 0 Å². The smallest absolute Gasteiger partial charge is 0.243 e. The third-order valence-corrected chi connectivity index (χ3v) is 4.91. The SMILES string of the molecule is N[C@H](Cc1ccccc1)c1nc(C2CCCCS2)no1. The Kier molecular flexibility index (Phi) is 4.38. The van der Waals surface area contributed by atoms with Gasteiger partial charge in [-0.25, -0.2) is 0 Å². The Bertz CT molecular complexity index is 537. The number of hydrogen-bond acceptors (Lipinski definition) is 5. The van der Waals surface area contributed by atoms with Crippen LogP contribution in [0.15, 0.2) is 34.9 Å². The first-order valence-corrected chi connectivity index (χ1v) is 8.12. The summed E-state index contributed by atoms with van der Waals surface area (Å²) in [5.74, 6) is 2.55. The molecule has 4 nitrogen and oxygen atoms in total. The minimum atomic E-state index is -0.229. The lowest BCUT2D eigenvalue weighted by Gasteiger charge is -2.17. The van der Waals surface area contributed by atoms with Crippen LogP contribution in [0.25, 0.3) is 0 Å². The summed E-state index contributed by atoms with van der Waals surface area (Å²) in [5, 5.41) is 4.50. The Balaban J connectivity index is 1.66. The molecule has 3 rings (SSSR count). The molecule has 20 heavy (non-hydrogen) atoms. The van der Waals surface area contributed by atoms with Gasteiger partial charge < -0.3 is 10.3 Å². The summed E-state index contributed by atoms with van der Waals surface area (Å²) in [6.07, 6.45) is 4.40. The maximum Gasteiger partial charge on any atom is 0.243 e. The van der Waals surface area contributed by atoms with Crippen molar-refractivity contribution in [2.75, 3.05) is 5.75 Å². The summed E-state index contributed by atoms with van der Waals surface area (Å²) in [6, 6.07) is 9.93. The van der Waals surface area contributed by atoms with Gasteiger partial charge in [0.15, 0.2) is 5.82 Å². The van der Waals surface area contributed by atoms with Gasteiger partial charge in [-0.1, -0.05) is 41.9 Å². The zero-order valence-corrected chi connectivity index (χ0v) is 12.2. The van der Waals surface area contributed by atoms with Crippen molar-refractivity contribution in [3.05, 3.63) is 47.6 Å². The number of nitrogens with two attached hydrogens (primary N) is 1. The van der Waals surface area contributed by atoms with Crippen LogP contribution in [0.3, 0.4) is 0 Å². The van der Waals surface area contributed by atoms with E-state index in [1.165, 1.54) is 24.2 Å². The molecule has 0 saturated carbocycles. The molecule has 1 aromatic carbocycles. The Morgan fingerprint density at radius 2 is 2.15 bits per heavy atom. The third kappa shape index (κ3) is 3.22. The van der Waals surface area contributed by atoms with E-state index >= 15 is 0 Å². The summed E-state index contributed by atoms with van der Waals surface area (Å²) in [5.41, 5.74) is 7.35. The average molecular weight is 289 g/mol. The molecule has 0 aliphatic carbocycles. The van der Waals surface area contributed by atoms with Crippen molar-refractivity contribution in [2.24, 2.45) is 5.73 Å². The summed E-state index contributed by atoms with van der Waals surface area (Å²) >= 11 is 1.92. The van der Waals surface area contributed by atoms with E-state index in [-0.39, 0.29) is 6.04 Å². The molecule has 1 aromatic heterocycles. The fraction of sp³-hybridized carbons (Fsp3) is 0.467. The van der Waals surface area contributed by atoms with Gasteiger partial charge in [0.25, 0.3) is 0 Å². The third-order valence-electron chi connectivity index (χ3n) is 3.54. The summed E-state index contributed by atoms with van der Waals surface area (Å²) < 4.78 is 5.35. The number of thioether (sulfide) groups is 1. The van der Waals surface area contributed by atoms with E-state index < -0.39 is 0 Å². The molecule has 0 spiro atoms. The van der Waals surface area contributed by atoms with E-state index in [4.69, 9.17) is 10.3 Å². The van der Waals surface area contributed by atoms with Crippen molar-refractivity contribution >= 4 is 11.8 Å². The molecule has 2 aromatic rings. The highest BCUT2D eigenvalue weighted by atomic mass is 32.2. The minimum Gasteiger partial charge on any atom is -0.338 e. The van der Waals surface area contributed by atoms with Gasteiger partial charge in [-0.15, -0.1) is 0 Å². The zero-order chi connectivity index (χ0) is 13.8. The number of aromatic nitrogens is 2. The van der Waals surface area contributed by atoms with Crippen LogP contribution in [0, 0.1) is 0 Å². The lowest BCUT2D eigenvalue weighted by molar-refractivity contribution is 0.349. The molecule has 0 radical (unpaired) electrons. The highest BCUT2D eigenvalue weighted by molar-refractivity contribution is 7.99. The summed E-state index contributed by atoms with van der Waals surface area (Å²) in [4.78, 5) is 4.51. The van der Waals surface area contributed by atoms with Gasteiger partial charge in [-0.2, -0.15) is 16.7 Å². The number of rotatable bonds is 4. The predicted molar refractivity (Wildman–Crippen MR) is 80.4 cm³/mol. The van der Waals surface area contributed by atoms with Crippen LogP contribution in [-0.4, -0.2) is 15.9 Å². The van der Waals surface area contributed by atoms with Crippen molar-refractivity contribution < 1.29 is 4.52 Å². The van der Waals surface area contributed by atoms with Crippen LogP contribution in [0.1, 0.15) is 47.8 Å². The molecular formula is C15H19N3OS. The van der Waals surface area contributed by atoms with Crippen LogP contribution in [-0.2, 0) is 6.42 Å². The van der Waals surface area contributed by atoms with Crippen LogP contribution < -0.4 is 5.73 Å². The Labute approximate surface area is 123 Å². The fourth-order valence-corrected chi connectivity index (χ4v) is 3.66. The van der Waals surface area contributed by atoms with Crippen molar-refractivity contribution in [1.82, 2.24) is 10.1 Å². The normalized spacial score (nSPS) is 20.8. The lowest BCUT2D eigenvalue weighted by Crippen LogP contribution is -2.14. The quantitative estimate of drug-likeness (QED) is 0.935. The lowest BCUT2D eigenvalue weighted by atomic mass is 10.1. The maximum atomic E-state index is 6.17. The first-order valence-electron chi connectivity index (χ1n) is 7.07. The Morgan fingerprint density at radius 3 is 2.90 bits per heavy atom. The second kappa shape index (κ2) is 6.41. The molecule has 1 fully saturated rings. The van der Waals surface area contributed by atoms with Crippen LogP contribution in [0.4, 0.5) is 0 Å². The molecule has 1 unspecified atom stereocenters. The van der Waals surface area contributed by atoms with Gasteiger partial charge in [0, 0.05) is 0 Å². The van der Waals surface area contributed by atoms with Crippen molar-refractivity contribution in [3.8, 4) is 0 Å². The average Bonchev–Trinajstić information content (AvgIpc) is 2.99. The first-order chi connectivity index (χ1) is 9.83. The second-order valence-electron chi connectivity index (χ2n) is 5.14. The van der Waals surface area contributed by atoms with Crippen molar-refractivity contribution in [3.63, 3.8) is 0 Å². The standard InChI is InChI=1S/C15H19N3OS/c16-12(10-11-6-2-1-3-7-11)15-17-14(18-19-15)13-8-4-5-9-20-13/h1-3,6-7,12-13H,4-5,8-10,16H2/t12-,13?/m1/s1. The van der Waals surface area contributed by atoms with Crippen LogP contribution in [0.5, 0.6) is 0 Å². The molecule has 2 atom stereocenters. The van der Waals surface area contributed by atoms with Gasteiger partial charge >= 0.3 is 0 Å². The Hall–Kier alpha value is -1.33. The monoisotopic (exact) mass is 289 g/mol. The molecule has 1 aliphatic heterocycles. The topological polar surface area (TPSA) is 64.9 Å². The number of benzene rings is 1. The van der Waals surface area contributed by atoms with E-state index in [0.29, 0.717) is 11.1 Å². The largest absolute Gasteiger partial charge is 0.338 e. The van der Waals surface area contributed by atoms with E-state index in [1.54, 1.807) is 0 Å². The molecule has 1 aliphatic rings. The molecule has 0 bridgehead atoms. The van der Waals surface area contributed by atoms with Gasteiger partial charge in [0.2, 0.25) is 5.89 Å². The van der Waals surface area contributed by atoms with Crippen LogP contribution >= 0.6 is 11.8 Å². The highest BCUT2D eigenvalue weighted by Crippen LogP contribution is 2.36. The summed E-state index contributed by atoms with van der Waals surface area (Å²) in [7, 11) is 0. The minimum absolute atomic E-state index is 0.229. The molecular weight excluding hydrogens is 270 g/mol. The molecule has 2 heterocycles. The molecule has 2 N–H and O–H groups in total. The summed E-state index contributed by atoms with van der Waals surface area (Å²) in [6.45, 7) is 0. The van der Waals surface area contributed by atoms with Gasteiger partial charge in [-0.05, 0) is 30.6 Å².